The Hall–Kier alpha value is -2.13. The van der Waals surface area contributed by atoms with Crippen molar-refractivity contribution >= 4 is 11.0 Å². The molecule has 3 heteroatoms. The lowest BCUT2D eigenvalue weighted by Crippen LogP contribution is -1.99. The maximum Gasteiger partial charge on any atom is 0.138 e. The molecule has 3 aromatic rings. The van der Waals surface area contributed by atoms with Crippen molar-refractivity contribution in [2.75, 3.05) is 0 Å². The van der Waals surface area contributed by atoms with Crippen LogP contribution in [0.1, 0.15) is 5.56 Å². The summed E-state index contributed by atoms with van der Waals surface area (Å²) in [5.74, 6) is 0.850. The first-order chi connectivity index (χ1) is 8.38. The van der Waals surface area contributed by atoms with Gasteiger partial charge >= 0.3 is 0 Å². The molecule has 17 heavy (non-hydrogen) atoms. The summed E-state index contributed by atoms with van der Waals surface area (Å²) in [6.45, 7) is 0.465. The molecule has 0 amide bonds. The van der Waals surface area contributed by atoms with Gasteiger partial charge in [0.1, 0.15) is 5.82 Å². The molecule has 0 spiro atoms. The van der Waals surface area contributed by atoms with Crippen molar-refractivity contribution in [2.45, 2.75) is 6.54 Å². The highest BCUT2D eigenvalue weighted by Crippen LogP contribution is 2.23. The fourth-order valence-corrected chi connectivity index (χ4v) is 1.94. The Labute approximate surface area is 99.3 Å². The minimum absolute atomic E-state index is 0.465. The van der Waals surface area contributed by atoms with E-state index in [4.69, 9.17) is 5.73 Å². The number of aromatic nitrogens is 2. The zero-order valence-corrected chi connectivity index (χ0v) is 9.27. The quantitative estimate of drug-likeness (QED) is 0.700. The molecule has 2 aromatic carbocycles. The lowest BCUT2D eigenvalue weighted by Gasteiger charge is -2.02. The Kier molecular flexibility index (Phi) is 2.38. The average Bonchev–Trinajstić information content (AvgIpc) is 2.82. The summed E-state index contributed by atoms with van der Waals surface area (Å²) in [5, 5.41) is 0. The van der Waals surface area contributed by atoms with Crippen molar-refractivity contribution in [2.24, 2.45) is 5.73 Å². The molecule has 0 aliphatic carbocycles. The molecule has 0 saturated heterocycles. The minimum atomic E-state index is 0.465. The summed E-state index contributed by atoms with van der Waals surface area (Å²) in [6, 6.07) is 16.9. The number of imidazole rings is 1. The van der Waals surface area contributed by atoms with E-state index in [-0.39, 0.29) is 0 Å². The number of aromatic amines is 1. The summed E-state index contributed by atoms with van der Waals surface area (Å²) in [4.78, 5) is 7.86. The van der Waals surface area contributed by atoms with Gasteiger partial charge in [-0.05, 0) is 23.8 Å². The monoisotopic (exact) mass is 222 g/mol. The third kappa shape index (κ3) is 1.70. The van der Waals surface area contributed by atoms with Crippen molar-refractivity contribution in [3.8, 4) is 11.4 Å². The Morgan fingerprint density at radius 3 is 2.88 bits per heavy atom. The summed E-state index contributed by atoms with van der Waals surface area (Å²) >= 11 is 0. The van der Waals surface area contributed by atoms with E-state index in [2.05, 4.69) is 16.0 Å². The zero-order chi connectivity index (χ0) is 11.7. The van der Waals surface area contributed by atoms with Gasteiger partial charge in [-0.25, -0.2) is 4.98 Å². The number of H-pyrrole nitrogens is 1. The number of nitrogens with one attached hydrogen (secondary N) is 1. The first kappa shape index (κ1) is 10.1. The van der Waals surface area contributed by atoms with Gasteiger partial charge < -0.3 is 10.7 Å². The standard InChI is InChI=1S/C14H12N3/c15-9-10-5-1-2-6-11(10)14-16-12-7-3-4-8-13(12)17-14/h1-4,6-8H,9,15H2,(H,16,17). The van der Waals surface area contributed by atoms with Gasteiger partial charge in [0.2, 0.25) is 0 Å². The predicted octanol–water partition coefficient (Wildman–Crippen LogP) is 2.49. The Balaban J connectivity index is 2.20. The smallest absolute Gasteiger partial charge is 0.138 e. The number of hydrogen-bond acceptors (Lipinski definition) is 2. The van der Waals surface area contributed by atoms with Crippen LogP contribution in [0, 0.1) is 6.07 Å². The SMILES string of the molecule is NCc1[c]cccc1-c1nc2ccccc2[nH]1. The molecule has 0 saturated carbocycles. The van der Waals surface area contributed by atoms with Crippen molar-refractivity contribution < 1.29 is 0 Å². The fraction of sp³-hybridized carbons (Fsp3) is 0.0714. The topological polar surface area (TPSA) is 54.7 Å². The van der Waals surface area contributed by atoms with Gasteiger partial charge in [-0.1, -0.05) is 30.3 Å². The Morgan fingerprint density at radius 1 is 1.18 bits per heavy atom. The largest absolute Gasteiger partial charge is 0.338 e. The molecule has 0 fully saturated rings. The number of nitrogens with two attached hydrogens (primary N) is 1. The molecule has 0 aliphatic heterocycles. The van der Waals surface area contributed by atoms with E-state index in [1.54, 1.807) is 0 Å². The van der Waals surface area contributed by atoms with Crippen molar-refractivity contribution in [3.05, 3.63) is 54.1 Å². The normalized spacial score (nSPS) is 10.9. The second-order valence-corrected chi connectivity index (χ2v) is 3.87. The van der Waals surface area contributed by atoms with Crippen molar-refractivity contribution in [3.63, 3.8) is 0 Å². The van der Waals surface area contributed by atoms with E-state index in [9.17, 15) is 0 Å². The molecular formula is C14H12N3. The molecule has 0 unspecified atom stereocenters. The predicted molar refractivity (Wildman–Crippen MR) is 68.3 cm³/mol. The third-order valence-electron chi connectivity index (χ3n) is 2.79. The van der Waals surface area contributed by atoms with Crippen molar-refractivity contribution in [1.82, 2.24) is 9.97 Å². The van der Waals surface area contributed by atoms with Crippen LogP contribution < -0.4 is 5.73 Å². The van der Waals surface area contributed by atoms with Crippen LogP contribution in [0.5, 0.6) is 0 Å². The highest BCUT2D eigenvalue weighted by atomic mass is 14.9. The third-order valence-corrected chi connectivity index (χ3v) is 2.79. The molecule has 1 radical (unpaired) electrons. The van der Waals surface area contributed by atoms with E-state index >= 15 is 0 Å². The maximum atomic E-state index is 5.71. The summed E-state index contributed by atoms with van der Waals surface area (Å²) in [7, 11) is 0. The van der Waals surface area contributed by atoms with Crippen LogP contribution in [0.2, 0.25) is 0 Å². The molecule has 0 aliphatic rings. The van der Waals surface area contributed by atoms with Gasteiger partial charge in [-0.15, -0.1) is 0 Å². The van der Waals surface area contributed by atoms with Gasteiger partial charge in [0.15, 0.2) is 0 Å². The number of nitrogens with zero attached hydrogens (tertiary/aromatic N) is 1. The maximum absolute atomic E-state index is 5.71. The molecule has 3 N–H and O–H groups in total. The second kappa shape index (κ2) is 4.03. The number of benzene rings is 2. The van der Waals surface area contributed by atoms with Crippen LogP contribution in [0.15, 0.2) is 42.5 Å². The first-order valence-corrected chi connectivity index (χ1v) is 5.53. The van der Waals surface area contributed by atoms with Crippen LogP contribution in [-0.4, -0.2) is 9.97 Å². The Bertz CT molecular complexity index is 622. The molecule has 1 heterocycles. The average molecular weight is 222 g/mol. The second-order valence-electron chi connectivity index (χ2n) is 3.87. The van der Waals surface area contributed by atoms with Gasteiger partial charge in [0.05, 0.1) is 11.0 Å². The molecule has 3 rings (SSSR count). The van der Waals surface area contributed by atoms with E-state index in [0.717, 1.165) is 28.0 Å². The molecule has 83 valence electrons. The van der Waals surface area contributed by atoms with Gasteiger partial charge in [-0.2, -0.15) is 0 Å². The highest BCUT2D eigenvalue weighted by molar-refractivity contribution is 5.79. The van der Waals surface area contributed by atoms with Crippen LogP contribution in [0.25, 0.3) is 22.4 Å². The number of para-hydroxylation sites is 2. The van der Waals surface area contributed by atoms with Crippen LogP contribution in [0.4, 0.5) is 0 Å². The number of fused-ring (bicyclic) bond motifs is 1. The molecule has 1 aromatic heterocycles. The van der Waals surface area contributed by atoms with Crippen LogP contribution >= 0.6 is 0 Å². The number of hydrogen-bond donors (Lipinski definition) is 2. The van der Waals surface area contributed by atoms with Gasteiger partial charge in [0, 0.05) is 12.1 Å². The fourth-order valence-electron chi connectivity index (χ4n) is 1.94. The van der Waals surface area contributed by atoms with E-state index < -0.39 is 0 Å². The lowest BCUT2D eigenvalue weighted by molar-refractivity contribution is 1.06. The molecule has 0 atom stereocenters. The van der Waals surface area contributed by atoms with E-state index in [1.807, 2.05) is 42.5 Å². The number of rotatable bonds is 2. The summed E-state index contributed by atoms with van der Waals surface area (Å²) in [6.07, 6.45) is 0. The summed E-state index contributed by atoms with van der Waals surface area (Å²) < 4.78 is 0. The minimum Gasteiger partial charge on any atom is -0.338 e. The highest BCUT2D eigenvalue weighted by Gasteiger charge is 2.07. The Morgan fingerprint density at radius 2 is 2.06 bits per heavy atom. The molecule has 0 bridgehead atoms. The van der Waals surface area contributed by atoms with E-state index in [1.165, 1.54) is 0 Å². The zero-order valence-electron chi connectivity index (χ0n) is 9.27. The van der Waals surface area contributed by atoms with E-state index in [0.29, 0.717) is 6.54 Å². The van der Waals surface area contributed by atoms with Crippen LogP contribution in [-0.2, 0) is 6.54 Å². The molecule has 3 nitrogen and oxygen atoms in total. The van der Waals surface area contributed by atoms with Gasteiger partial charge in [-0.3, -0.25) is 0 Å². The van der Waals surface area contributed by atoms with Crippen LogP contribution in [0.3, 0.4) is 0 Å². The molecular weight excluding hydrogens is 210 g/mol. The summed E-state index contributed by atoms with van der Waals surface area (Å²) in [5.41, 5.74) is 9.71. The van der Waals surface area contributed by atoms with Gasteiger partial charge in [0.25, 0.3) is 0 Å². The lowest BCUT2D eigenvalue weighted by atomic mass is 10.1. The van der Waals surface area contributed by atoms with Crippen molar-refractivity contribution in [1.29, 1.82) is 0 Å². The first-order valence-electron chi connectivity index (χ1n) is 5.53.